The van der Waals surface area contributed by atoms with Gasteiger partial charge in [0, 0.05) is 31.0 Å². The summed E-state index contributed by atoms with van der Waals surface area (Å²) in [6.07, 6.45) is 9.91. The SMILES string of the molecule is CC(C)NCCCC(CBr)CCN1CCN(CC2CCCC2)C1. The molecule has 1 unspecified atom stereocenters. The Labute approximate surface area is 152 Å². The maximum Gasteiger partial charge on any atom is 0.0507 e. The normalized spacial score (nSPS) is 22.4. The van der Waals surface area contributed by atoms with Gasteiger partial charge in [0.05, 0.1) is 6.67 Å². The lowest BCUT2D eigenvalue weighted by atomic mass is 10.0. The molecule has 0 spiro atoms. The highest BCUT2D eigenvalue weighted by atomic mass is 79.9. The van der Waals surface area contributed by atoms with Crippen LogP contribution in [-0.4, -0.2) is 60.6 Å². The Bertz CT molecular complexity index is 305. The van der Waals surface area contributed by atoms with Crippen LogP contribution in [0.1, 0.15) is 58.8 Å². The first-order valence-corrected chi connectivity index (χ1v) is 11.0. The first kappa shape index (κ1) is 19.7. The summed E-state index contributed by atoms with van der Waals surface area (Å²) in [5, 5.41) is 4.69. The Balaban J connectivity index is 1.55. The van der Waals surface area contributed by atoms with E-state index in [2.05, 4.69) is 44.9 Å². The molecule has 1 saturated carbocycles. The van der Waals surface area contributed by atoms with Gasteiger partial charge in [0.1, 0.15) is 0 Å². The summed E-state index contributed by atoms with van der Waals surface area (Å²) in [5.74, 6) is 1.84. The molecular weight excluding hydrogens is 350 g/mol. The molecule has 1 atom stereocenters. The van der Waals surface area contributed by atoms with Gasteiger partial charge in [0.2, 0.25) is 0 Å². The Morgan fingerprint density at radius 2 is 1.83 bits per heavy atom. The summed E-state index contributed by atoms with van der Waals surface area (Å²) < 4.78 is 0. The first-order valence-electron chi connectivity index (χ1n) is 9.91. The van der Waals surface area contributed by atoms with Gasteiger partial charge in [-0.2, -0.15) is 0 Å². The molecule has 1 saturated heterocycles. The second kappa shape index (κ2) is 11.1. The van der Waals surface area contributed by atoms with E-state index in [0.717, 1.165) is 17.2 Å². The number of hydrogen-bond donors (Lipinski definition) is 1. The minimum atomic E-state index is 0.618. The Kier molecular flexibility index (Phi) is 9.47. The molecule has 1 aliphatic heterocycles. The summed E-state index contributed by atoms with van der Waals surface area (Å²) in [4.78, 5) is 5.38. The third kappa shape index (κ3) is 7.85. The molecular formula is C19H38BrN3. The van der Waals surface area contributed by atoms with E-state index in [1.807, 2.05) is 0 Å². The van der Waals surface area contributed by atoms with Crippen molar-refractivity contribution in [2.45, 2.75) is 64.8 Å². The third-order valence-corrected chi connectivity index (χ3v) is 6.45. The van der Waals surface area contributed by atoms with E-state index in [0.29, 0.717) is 6.04 Å². The van der Waals surface area contributed by atoms with Crippen LogP contribution in [0.3, 0.4) is 0 Å². The number of alkyl halides is 1. The van der Waals surface area contributed by atoms with E-state index in [4.69, 9.17) is 0 Å². The molecule has 23 heavy (non-hydrogen) atoms. The molecule has 0 aromatic rings. The number of rotatable bonds is 11. The van der Waals surface area contributed by atoms with Gasteiger partial charge < -0.3 is 5.32 Å². The Hall–Kier alpha value is 0.360. The summed E-state index contributed by atoms with van der Waals surface area (Å²) >= 11 is 3.73. The van der Waals surface area contributed by atoms with E-state index in [1.165, 1.54) is 84.3 Å². The van der Waals surface area contributed by atoms with Gasteiger partial charge in [-0.15, -0.1) is 0 Å². The Morgan fingerprint density at radius 3 is 2.52 bits per heavy atom. The van der Waals surface area contributed by atoms with Crippen molar-refractivity contribution >= 4 is 15.9 Å². The monoisotopic (exact) mass is 387 g/mol. The maximum atomic E-state index is 3.73. The van der Waals surface area contributed by atoms with E-state index < -0.39 is 0 Å². The Morgan fingerprint density at radius 1 is 1.09 bits per heavy atom. The van der Waals surface area contributed by atoms with Crippen LogP contribution in [0.15, 0.2) is 0 Å². The molecule has 1 N–H and O–H groups in total. The lowest BCUT2D eigenvalue weighted by molar-refractivity contribution is 0.211. The molecule has 136 valence electrons. The minimum Gasteiger partial charge on any atom is -0.315 e. The lowest BCUT2D eigenvalue weighted by Crippen LogP contribution is -2.30. The van der Waals surface area contributed by atoms with Crippen LogP contribution in [0, 0.1) is 11.8 Å². The standard InChI is InChI=1S/C19H38BrN3/c1-17(2)21-10-5-8-18(14-20)9-11-22-12-13-23(16-22)15-19-6-3-4-7-19/h17-19,21H,3-16H2,1-2H3. The third-order valence-electron chi connectivity index (χ3n) is 5.54. The molecule has 4 heteroatoms. The highest BCUT2D eigenvalue weighted by Crippen LogP contribution is 2.26. The second-order valence-corrected chi connectivity index (χ2v) is 8.69. The van der Waals surface area contributed by atoms with Crippen LogP contribution in [0.4, 0.5) is 0 Å². The largest absolute Gasteiger partial charge is 0.315 e. The summed E-state index contributed by atoms with van der Waals surface area (Å²) in [6, 6.07) is 0.618. The van der Waals surface area contributed by atoms with Crippen molar-refractivity contribution in [3.63, 3.8) is 0 Å². The van der Waals surface area contributed by atoms with Crippen molar-refractivity contribution < 1.29 is 0 Å². The molecule has 2 aliphatic rings. The van der Waals surface area contributed by atoms with Crippen LogP contribution >= 0.6 is 15.9 Å². The molecule has 1 heterocycles. The molecule has 0 radical (unpaired) electrons. The average molecular weight is 388 g/mol. The van der Waals surface area contributed by atoms with Gasteiger partial charge >= 0.3 is 0 Å². The fourth-order valence-corrected chi connectivity index (χ4v) is 4.69. The molecule has 2 rings (SSSR count). The van der Waals surface area contributed by atoms with Crippen LogP contribution < -0.4 is 5.32 Å². The zero-order valence-corrected chi connectivity index (χ0v) is 17.0. The minimum absolute atomic E-state index is 0.618. The van der Waals surface area contributed by atoms with Crippen LogP contribution in [0.5, 0.6) is 0 Å². The van der Waals surface area contributed by atoms with Crippen molar-refractivity contribution in [1.29, 1.82) is 0 Å². The fraction of sp³-hybridized carbons (Fsp3) is 1.00. The van der Waals surface area contributed by atoms with Gasteiger partial charge in [-0.3, -0.25) is 9.80 Å². The predicted molar refractivity (Wildman–Crippen MR) is 104 cm³/mol. The van der Waals surface area contributed by atoms with E-state index in [1.54, 1.807) is 0 Å². The van der Waals surface area contributed by atoms with Crippen molar-refractivity contribution in [1.82, 2.24) is 15.1 Å². The topological polar surface area (TPSA) is 18.5 Å². The van der Waals surface area contributed by atoms with E-state index in [-0.39, 0.29) is 0 Å². The van der Waals surface area contributed by atoms with E-state index >= 15 is 0 Å². The predicted octanol–water partition coefficient (Wildman–Crippen LogP) is 3.93. The van der Waals surface area contributed by atoms with Gasteiger partial charge in [0.15, 0.2) is 0 Å². The molecule has 0 amide bonds. The molecule has 0 aromatic carbocycles. The van der Waals surface area contributed by atoms with Crippen molar-refractivity contribution in [3.8, 4) is 0 Å². The number of hydrogen-bond acceptors (Lipinski definition) is 3. The van der Waals surface area contributed by atoms with Crippen molar-refractivity contribution in [2.75, 3.05) is 44.7 Å². The van der Waals surface area contributed by atoms with Gasteiger partial charge in [-0.25, -0.2) is 0 Å². The van der Waals surface area contributed by atoms with Crippen molar-refractivity contribution in [3.05, 3.63) is 0 Å². The number of halogens is 1. The molecule has 0 bridgehead atoms. The maximum absolute atomic E-state index is 3.73. The average Bonchev–Trinajstić information content (AvgIpc) is 3.19. The quantitative estimate of drug-likeness (QED) is 0.427. The van der Waals surface area contributed by atoms with Crippen LogP contribution in [0.25, 0.3) is 0 Å². The van der Waals surface area contributed by atoms with Crippen molar-refractivity contribution in [2.24, 2.45) is 11.8 Å². The fourth-order valence-electron chi connectivity index (χ4n) is 4.04. The molecule has 3 nitrogen and oxygen atoms in total. The van der Waals surface area contributed by atoms with Gasteiger partial charge in [-0.05, 0) is 57.0 Å². The molecule has 0 aromatic heterocycles. The molecule has 1 aliphatic carbocycles. The summed E-state index contributed by atoms with van der Waals surface area (Å²) in [5.41, 5.74) is 0. The van der Waals surface area contributed by atoms with Crippen LogP contribution in [-0.2, 0) is 0 Å². The van der Waals surface area contributed by atoms with Gasteiger partial charge in [-0.1, -0.05) is 42.6 Å². The van der Waals surface area contributed by atoms with Gasteiger partial charge in [0.25, 0.3) is 0 Å². The second-order valence-electron chi connectivity index (χ2n) is 8.05. The van der Waals surface area contributed by atoms with E-state index in [9.17, 15) is 0 Å². The first-order chi connectivity index (χ1) is 11.2. The zero-order valence-electron chi connectivity index (χ0n) is 15.4. The van der Waals surface area contributed by atoms with Crippen LogP contribution in [0.2, 0.25) is 0 Å². The highest BCUT2D eigenvalue weighted by molar-refractivity contribution is 9.09. The zero-order chi connectivity index (χ0) is 16.5. The summed E-state index contributed by atoms with van der Waals surface area (Å²) in [7, 11) is 0. The highest BCUT2D eigenvalue weighted by Gasteiger charge is 2.24. The summed E-state index contributed by atoms with van der Waals surface area (Å²) in [6.45, 7) is 12.1. The number of nitrogens with zero attached hydrogens (tertiary/aromatic N) is 2. The number of nitrogens with one attached hydrogen (secondary N) is 1. The molecule has 2 fully saturated rings. The smallest absolute Gasteiger partial charge is 0.0507 e. The lowest BCUT2D eigenvalue weighted by Gasteiger charge is -2.22.